The SMILES string of the molecule is CCN(CCNC)C(=O)CCNC(=O)OC(C)(C)C. The van der Waals surface area contributed by atoms with E-state index in [-0.39, 0.29) is 12.3 Å². The van der Waals surface area contributed by atoms with Crippen LogP contribution in [-0.2, 0) is 9.53 Å². The van der Waals surface area contributed by atoms with Crippen LogP contribution in [0.4, 0.5) is 4.79 Å². The summed E-state index contributed by atoms with van der Waals surface area (Å²) in [5.41, 5.74) is -0.518. The zero-order valence-electron chi connectivity index (χ0n) is 12.7. The molecule has 19 heavy (non-hydrogen) atoms. The molecule has 0 aromatic heterocycles. The fraction of sp³-hybridized carbons (Fsp3) is 0.846. The molecule has 0 aliphatic heterocycles. The number of rotatable bonds is 7. The summed E-state index contributed by atoms with van der Waals surface area (Å²) in [4.78, 5) is 25.0. The molecule has 0 atom stereocenters. The van der Waals surface area contributed by atoms with Crippen LogP contribution >= 0.6 is 0 Å². The molecule has 0 radical (unpaired) electrons. The molecule has 2 N–H and O–H groups in total. The average molecular weight is 273 g/mol. The molecule has 0 saturated heterocycles. The molecule has 0 spiro atoms. The molecule has 0 bridgehead atoms. The summed E-state index contributed by atoms with van der Waals surface area (Å²) in [6, 6.07) is 0. The predicted octanol–water partition coefficient (Wildman–Crippen LogP) is 0.969. The normalized spacial score (nSPS) is 11.0. The van der Waals surface area contributed by atoms with Gasteiger partial charge in [-0.3, -0.25) is 4.79 Å². The number of carbonyl (C=O) groups is 2. The van der Waals surface area contributed by atoms with Crippen LogP contribution in [0.15, 0.2) is 0 Å². The van der Waals surface area contributed by atoms with Crippen LogP contribution in [0.2, 0.25) is 0 Å². The summed E-state index contributed by atoms with van der Waals surface area (Å²) in [6.07, 6.45) is -0.199. The van der Waals surface area contributed by atoms with Crippen LogP contribution in [0.3, 0.4) is 0 Å². The molecule has 0 unspecified atom stereocenters. The van der Waals surface area contributed by atoms with Crippen molar-refractivity contribution in [3.63, 3.8) is 0 Å². The number of alkyl carbamates (subject to hydrolysis) is 1. The van der Waals surface area contributed by atoms with Crippen molar-refractivity contribution in [3.8, 4) is 0 Å². The van der Waals surface area contributed by atoms with Crippen molar-refractivity contribution < 1.29 is 14.3 Å². The Bertz CT molecular complexity index is 287. The zero-order valence-corrected chi connectivity index (χ0v) is 12.7. The molecule has 2 amide bonds. The molecular formula is C13H27N3O3. The van der Waals surface area contributed by atoms with Crippen molar-refractivity contribution in [2.24, 2.45) is 0 Å². The standard InChI is InChI=1S/C13H27N3O3/c1-6-16(10-9-14-5)11(17)7-8-15-12(18)19-13(2,3)4/h14H,6-10H2,1-5H3,(H,15,18). The minimum atomic E-state index is -0.518. The maximum absolute atomic E-state index is 11.9. The largest absolute Gasteiger partial charge is 0.444 e. The van der Waals surface area contributed by atoms with Crippen LogP contribution in [0.5, 0.6) is 0 Å². The van der Waals surface area contributed by atoms with Gasteiger partial charge in [-0.2, -0.15) is 0 Å². The maximum Gasteiger partial charge on any atom is 0.407 e. The van der Waals surface area contributed by atoms with Crippen molar-refractivity contribution in [3.05, 3.63) is 0 Å². The summed E-state index contributed by atoms with van der Waals surface area (Å²) in [5, 5.41) is 5.58. The third kappa shape index (κ3) is 9.30. The Morgan fingerprint density at radius 2 is 1.84 bits per heavy atom. The Hall–Kier alpha value is -1.30. The molecule has 0 saturated carbocycles. The van der Waals surface area contributed by atoms with Crippen LogP contribution in [0.25, 0.3) is 0 Å². The van der Waals surface area contributed by atoms with E-state index in [0.29, 0.717) is 19.6 Å². The highest BCUT2D eigenvalue weighted by Gasteiger charge is 2.16. The van der Waals surface area contributed by atoms with Gasteiger partial charge in [-0.15, -0.1) is 0 Å². The summed E-state index contributed by atoms with van der Waals surface area (Å²) in [7, 11) is 1.85. The van der Waals surface area contributed by atoms with Crippen molar-refractivity contribution in [2.75, 3.05) is 33.2 Å². The zero-order chi connectivity index (χ0) is 14.9. The minimum absolute atomic E-state index is 0.0359. The second-order valence-electron chi connectivity index (χ2n) is 5.26. The van der Waals surface area contributed by atoms with E-state index in [0.717, 1.165) is 6.54 Å². The fourth-order valence-corrected chi connectivity index (χ4v) is 1.45. The van der Waals surface area contributed by atoms with Crippen molar-refractivity contribution in [1.29, 1.82) is 0 Å². The topological polar surface area (TPSA) is 70.7 Å². The van der Waals surface area contributed by atoms with Crippen LogP contribution < -0.4 is 10.6 Å². The summed E-state index contributed by atoms with van der Waals surface area (Å²) < 4.78 is 5.09. The highest BCUT2D eigenvalue weighted by Crippen LogP contribution is 2.06. The van der Waals surface area contributed by atoms with Gasteiger partial charge >= 0.3 is 6.09 Å². The second kappa shape index (κ2) is 8.74. The molecule has 6 nitrogen and oxygen atoms in total. The molecule has 0 heterocycles. The molecule has 112 valence electrons. The van der Waals surface area contributed by atoms with E-state index in [2.05, 4.69) is 10.6 Å². The summed E-state index contributed by atoms with van der Waals surface area (Å²) in [5.74, 6) is 0.0359. The lowest BCUT2D eigenvalue weighted by atomic mass is 10.2. The lowest BCUT2D eigenvalue weighted by Crippen LogP contribution is -2.39. The molecule has 0 fully saturated rings. The van der Waals surface area contributed by atoms with Gasteiger partial charge < -0.3 is 20.3 Å². The molecule has 0 rings (SSSR count). The smallest absolute Gasteiger partial charge is 0.407 e. The van der Waals surface area contributed by atoms with Gasteiger partial charge in [-0.1, -0.05) is 0 Å². The summed E-state index contributed by atoms with van der Waals surface area (Å²) >= 11 is 0. The van der Waals surface area contributed by atoms with Gasteiger partial charge in [0.25, 0.3) is 0 Å². The number of hydrogen-bond donors (Lipinski definition) is 2. The van der Waals surface area contributed by atoms with Crippen molar-refractivity contribution in [2.45, 2.75) is 39.7 Å². The first-order chi connectivity index (χ1) is 8.80. The Balaban J connectivity index is 3.92. The lowest BCUT2D eigenvalue weighted by Gasteiger charge is -2.22. The third-order valence-corrected chi connectivity index (χ3v) is 2.37. The number of ether oxygens (including phenoxy) is 1. The van der Waals surface area contributed by atoms with Crippen LogP contribution in [0, 0.1) is 0 Å². The first-order valence-corrected chi connectivity index (χ1v) is 6.69. The molecule has 6 heteroatoms. The monoisotopic (exact) mass is 273 g/mol. The Morgan fingerprint density at radius 3 is 2.32 bits per heavy atom. The Kier molecular flexibility index (Phi) is 8.14. The van der Waals surface area contributed by atoms with E-state index in [9.17, 15) is 9.59 Å². The number of nitrogens with one attached hydrogen (secondary N) is 2. The van der Waals surface area contributed by atoms with E-state index in [1.54, 1.807) is 25.7 Å². The van der Waals surface area contributed by atoms with Gasteiger partial charge in [0.05, 0.1) is 0 Å². The van der Waals surface area contributed by atoms with E-state index in [1.165, 1.54) is 0 Å². The summed E-state index contributed by atoms with van der Waals surface area (Å²) in [6.45, 7) is 9.75. The predicted molar refractivity (Wildman–Crippen MR) is 75.0 cm³/mol. The first-order valence-electron chi connectivity index (χ1n) is 6.69. The molecule has 0 aromatic carbocycles. The Morgan fingerprint density at radius 1 is 1.21 bits per heavy atom. The van der Waals surface area contributed by atoms with E-state index in [1.807, 2.05) is 14.0 Å². The van der Waals surface area contributed by atoms with Gasteiger partial charge in [0.15, 0.2) is 0 Å². The number of likely N-dealkylation sites (N-methyl/N-ethyl adjacent to an activating group) is 2. The van der Waals surface area contributed by atoms with Gasteiger partial charge in [-0.05, 0) is 34.7 Å². The lowest BCUT2D eigenvalue weighted by molar-refractivity contribution is -0.130. The number of amides is 2. The van der Waals surface area contributed by atoms with Crippen LogP contribution in [-0.4, -0.2) is 55.7 Å². The van der Waals surface area contributed by atoms with Gasteiger partial charge in [0.2, 0.25) is 5.91 Å². The highest BCUT2D eigenvalue weighted by atomic mass is 16.6. The average Bonchev–Trinajstić information content (AvgIpc) is 2.27. The molecular weight excluding hydrogens is 246 g/mol. The molecule has 0 aliphatic rings. The van der Waals surface area contributed by atoms with Crippen molar-refractivity contribution >= 4 is 12.0 Å². The number of hydrogen-bond acceptors (Lipinski definition) is 4. The van der Waals surface area contributed by atoms with Crippen LogP contribution in [0.1, 0.15) is 34.1 Å². The highest BCUT2D eigenvalue weighted by molar-refractivity contribution is 5.77. The van der Waals surface area contributed by atoms with Gasteiger partial charge in [0, 0.05) is 32.6 Å². The minimum Gasteiger partial charge on any atom is -0.444 e. The number of carbonyl (C=O) groups excluding carboxylic acids is 2. The molecule has 0 aliphatic carbocycles. The van der Waals surface area contributed by atoms with E-state index in [4.69, 9.17) is 4.74 Å². The van der Waals surface area contributed by atoms with Crippen molar-refractivity contribution in [1.82, 2.24) is 15.5 Å². The van der Waals surface area contributed by atoms with E-state index >= 15 is 0 Å². The van der Waals surface area contributed by atoms with Gasteiger partial charge in [-0.25, -0.2) is 4.79 Å². The first kappa shape index (κ1) is 17.7. The fourth-order valence-electron chi connectivity index (χ4n) is 1.45. The Labute approximate surface area is 115 Å². The molecule has 0 aromatic rings. The second-order valence-corrected chi connectivity index (χ2v) is 5.26. The third-order valence-electron chi connectivity index (χ3n) is 2.37. The van der Waals surface area contributed by atoms with E-state index < -0.39 is 11.7 Å². The number of nitrogens with zero attached hydrogens (tertiary/aromatic N) is 1. The maximum atomic E-state index is 11.9. The quantitative estimate of drug-likeness (QED) is 0.725. The van der Waals surface area contributed by atoms with Gasteiger partial charge in [0.1, 0.15) is 5.60 Å².